The van der Waals surface area contributed by atoms with Gasteiger partial charge in [-0.25, -0.2) is 4.79 Å². The van der Waals surface area contributed by atoms with Crippen LogP contribution in [0.2, 0.25) is 0 Å². The topological polar surface area (TPSA) is 69.6 Å². The number of carboxylic acid groups (broad SMARTS) is 1. The number of hydrogen-bond donors (Lipinski definition) is 2. The summed E-state index contributed by atoms with van der Waals surface area (Å²) in [5.74, 6) is 0.0650. The van der Waals surface area contributed by atoms with Gasteiger partial charge in [0, 0.05) is 26.1 Å². The fourth-order valence-electron chi connectivity index (χ4n) is 2.87. The van der Waals surface area contributed by atoms with Crippen LogP contribution in [0, 0.1) is 5.92 Å². The molecule has 0 atom stereocenters. The minimum absolute atomic E-state index is 0.0279. The molecule has 5 nitrogen and oxygen atoms in total. The third-order valence-electron chi connectivity index (χ3n) is 4.45. The Kier molecular flexibility index (Phi) is 8.16. The first-order valence-electron chi connectivity index (χ1n) is 8.23. The average molecular weight is 298 g/mol. The van der Waals surface area contributed by atoms with E-state index in [9.17, 15) is 9.59 Å². The molecule has 1 rings (SSSR count). The molecule has 0 radical (unpaired) electrons. The minimum Gasteiger partial charge on any atom is -0.481 e. The van der Waals surface area contributed by atoms with E-state index < -0.39 is 5.97 Å². The lowest BCUT2D eigenvalue weighted by Gasteiger charge is -2.33. The lowest BCUT2D eigenvalue weighted by Crippen LogP contribution is -2.45. The SMILES string of the molecule is CC1CCC(N(C)C(=O)NCCCCCCC(=O)O)CC1. The van der Waals surface area contributed by atoms with E-state index in [1.165, 1.54) is 12.8 Å². The van der Waals surface area contributed by atoms with Crippen LogP contribution in [0.5, 0.6) is 0 Å². The fraction of sp³-hybridized carbons (Fsp3) is 0.875. The van der Waals surface area contributed by atoms with Crippen LogP contribution < -0.4 is 5.32 Å². The summed E-state index contributed by atoms with van der Waals surface area (Å²) in [5, 5.41) is 11.5. The molecule has 0 aromatic carbocycles. The molecule has 0 saturated heterocycles. The lowest BCUT2D eigenvalue weighted by atomic mass is 9.87. The number of hydrogen-bond acceptors (Lipinski definition) is 2. The second-order valence-electron chi connectivity index (χ2n) is 6.31. The van der Waals surface area contributed by atoms with Gasteiger partial charge in [-0.15, -0.1) is 0 Å². The van der Waals surface area contributed by atoms with Gasteiger partial charge in [-0.1, -0.05) is 19.8 Å². The number of carbonyl (C=O) groups is 2. The van der Waals surface area contributed by atoms with E-state index >= 15 is 0 Å². The molecule has 0 aromatic rings. The van der Waals surface area contributed by atoms with Gasteiger partial charge >= 0.3 is 12.0 Å². The first kappa shape index (κ1) is 17.8. The molecule has 0 bridgehead atoms. The molecule has 0 aromatic heterocycles. The van der Waals surface area contributed by atoms with Crippen LogP contribution >= 0.6 is 0 Å². The van der Waals surface area contributed by atoms with Crippen molar-refractivity contribution in [1.82, 2.24) is 10.2 Å². The van der Waals surface area contributed by atoms with Gasteiger partial charge in [-0.05, 0) is 44.4 Å². The molecular formula is C16H30N2O3. The summed E-state index contributed by atoms with van der Waals surface area (Å²) in [4.78, 5) is 24.3. The fourth-order valence-corrected chi connectivity index (χ4v) is 2.87. The van der Waals surface area contributed by atoms with Gasteiger partial charge in [0.15, 0.2) is 0 Å². The third kappa shape index (κ3) is 7.34. The largest absolute Gasteiger partial charge is 0.481 e. The van der Waals surface area contributed by atoms with Crippen LogP contribution in [0.15, 0.2) is 0 Å². The van der Waals surface area contributed by atoms with E-state index in [-0.39, 0.29) is 12.5 Å². The molecular weight excluding hydrogens is 268 g/mol. The maximum absolute atomic E-state index is 12.0. The van der Waals surface area contributed by atoms with Crippen molar-refractivity contribution in [1.29, 1.82) is 0 Å². The number of nitrogens with one attached hydrogen (secondary N) is 1. The summed E-state index contributed by atoms with van der Waals surface area (Å²) >= 11 is 0. The summed E-state index contributed by atoms with van der Waals surface area (Å²) in [7, 11) is 1.89. The molecule has 122 valence electrons. The van der Waals surface area contributed by atoms with E-state index in [2.05, 4.69) is 12.2 Å². The van der Waals surface area contributed by atoms with Crippen molar-refractivity contribution < 1.29 is 14.7 Å². The molecule has 1 aliphatic rings. The Hall–Kier alpha value is -1.26. The maximum atomic E-state index is 12.0. The third-order valence-corrected chi connectivity index (χ3v) is 4.45. The zero-order valence-electron chi connectivity index (χ0n) is 13.4. The average Bonchev–Trinajstić information content (AvgIpc) is 2.45. The van der Waals surface area contributed by atoms with Crippen molar-refractivity contribution in [2.75, 3.05) is 13.6 Å². The van der Waals surface area contributed by atoms with Gasteiger partial charge < -0.3 is 15.3 Å². The molecule has 0 unspecified atom stereocenters. The van der Waals surface area contributed by atoms with E-state index in [0.29, 0.717) is 12.6 Å². The second kappa shape index (κ2) is 9.64. The number of nitrogens with zero attached hydrogens (tertiary/aromatic N) is 1. The van der Waals surface area contributed by atoms with E-state index in [4.69, 9.17) is 5.11 Å². The Bertz CT molecular complexity index is 325. The van der Waals surface area contributed by atoms with Crippen molar-refractivity contribution in [2.24, 2.45) is 5.92 Å². The van der Waals surface area contributed by atoms with Gasteiger partial charge in [0.05, 0.1) is 0 Å². The highest BCUT2D eigenvalue weighted by Gasteiger charge is 2.24. The monoisotopic (exact) mass is 298 g/mol. The molecule has 0 spiro atoms. The highest BCUT2D eigenvalue weighted by Crippen LogP contribution is 2.26. The molecule has 1 saturated carbocycles. The van der Waals surface area contributed by atoms with Crippen LogP contribution in [-0.4, -0.2) is 41.6 Å². The number of carboxylic acids is 1. The van der Waals surface area contributed by atoms with Crippen molar-refractivity contribution >= 4 is 12.0 Å². The van der Waals surface area contributed by atoms with Crippen LogP contribution in [0.25, 0.3) is 0 Å². The van der Waals surface area contributed by atoms with Gasteiger partial charge in [0.25, 0.3) is 0 Å². The first-order chi connectivity index (χ1) is 10.0. The van der Waals surface area contributed by atoms with Gasteiger partial charge in [0.1, 0.15) is 0 Å². The summed E-state index contributed by atoms with van der Waals surface area (Å²) < 4.78 is 0. The number of rotatable bonds is 8. The number of carbonyl (C=O) groups excluding carboxylic acids is 1. The van der Waals surface area contributed by atoms with Gasteiger partial charge in [-0.2, -0.15) is 0 Å². The quantitative estimate of drug-likeness (QED) is 0.676. The molecule has 0 heterocycles. The smallest absolute Gasteiger partial charge is 0.317 e. The Labute approximate surface area is 128 Å². The number of amides is 2. The normalized spacial score (nSPS) is 21.8. The summed E-state index contributed by atoms with van der Waals surface area (Å²) in [6.07, 6.45) is 8.43. The Morgan fingerprint density at radius 2 is 1.71 bits per heavy atom. The summed E-state index contributed by atoms with van der Waals surface area (Å²) in [6.45, 7) is 2.96. The van der Waals surface area contributed by atoms with Crippen LogP contribution in [0.4, 0.5) is 4.79 Å². The second-order valence-corrected chi connectivity index (χ2v) is 6.31. The molecule has 21 heavy (non-hydrogen) atoms. The van der Waals surface area contributed by atoms with Crippen molar-refractivity contribution in [3.63, 3.8) is 0 Å². The van der Waals surface area contributed by atoms with Crippen LogP contribution in [-0.2, 0) is 4.79 Å². The molecule has 1 aliphatic carbocycles. The maximum Gasteiger partial charge on any atom is 0.317 e. The zero-order chi connectivity index (χ0) is 15.7. The first-order valence-corrected chi connectivity index (χ1v) is 8.23. The molecule has 5 heteroatoms. The molecule has 2 N–H and O–H groups in total. The van der Waals surface area contributed by atoms with E-state index in [1.54, 1.807) is 0 Å². The van der Waals surface area contributed by atoms with Crippen molar-refractivity contribution in [3.8, 4) is 0 Å². The zero-order valence-corrected chi connectivity index (χ0v) is 13.4. The highest BCUT2D eigenvalue weighted by molar-refractivity contribution is 5.74. The predicted molar refractivity (Wildman–Crippen MR) is 83.3 cm³/mol. The highest BCUT2D eigenvalue weighted by atomic mass is 16.4. The lowest BCUT2D eigenvalue weighted by molar-refractivity contribution is -0.137. The number of aliphatic carboxylic acids is 1. The number of urea groups is 1. The minimum atomic E-state index is -0.730. The Balaban J connectivity index is 2.06. The standard InChI is InChI=1S/C16H30N2O3/c1-13-8-10-14(11-9-13)18(2)16(21)17-12-6-4-3-5-7-15(19)20/h13-14H,3-12H2,1-2H3,(H,17,21)(H,19,20). The van der Waals surface area contributed by atoms with Crippen LogP contribution in [0.3, 0.4) is 0 Å². The molecule has 0 aliphatic heterocycles. The van der Waals surface area contributed by atoms with Crippen LogP contribution in [0.1, 0.15) is 64.7 Å². The molecule has 2 amide bonds. The predicted octanol–water partition coefficient (Wildman–Crippen LogP) is 3.24. The number of unbranched alkanes of at least 4 members (excludes halogenated alkanes) is 3. The Morgan fingerprint density at radius 1 is 1.10 bits per heavy atom. The van der Waals surface area contributed by atoms with Gasteiger partial charge in [0.2, 0.25) is 0 Å². The van der Waals surface area contributed by atoms with Gasteiger partial charge in [-0.3, -0.25) is 4.79 Å². The molecule has 1 fully saturated rings. The summed E-state index contributed by atoms with van der Waals surface area (Å²) in [6, 6.07) is 0.414. The van der Waals surface area contributed by atoms with E-state index in [1.807, 2.05) is 11.9 Å². The van der Waals surface area contributed by atoms with Crippen molar-refractivity contribution in [3.05, 3.63) is 0 Å². The summed E-state index contributed by atoms with van der Waals surface area (Å²) in [5.41, 5.74) is 0. The Morgan fingerprint density at radius 3 is 2.33 bits per heavy atom. The van der Waals surface area contributed by atoms with E-state index in [0.717, 1.165) is 44.4 Å². The van der Waals surface area contributed by atoms with Crippen molar-refractivity contribution in [2.45, 2.75) is 70.8 Å².